The molecule has 1 saturated heterocycles. The zero-order valence-corrected chi connectivity index (χ0v) is 21.6. The second-order valence-electron chi connectivity index (χ2n) is 10.1. The summed E-state index contributed by atoms with van der Waals surface area (Å²) in [5.41, 5.74) is 0.724. The van der Waals surface area contributed by atoms with Crippen molar-refractivity contribution in [2.24, 2.45) is 5.41 Å². The standard InChI is InChI=1S/C28H25ClFN5O3/c1-28(2)15-34(16-28)23(36)14-35-25-18(10-19(13-32-25)24-22(30)4-3-9-31-24)11-21(27(35)38)26(37)33-12-17-5-7-20(29)8-6-17/h3-11,13H,12,14-16H2,1-2H3,(H,33,37). The fourth-order valence-corrected chi connectivity index (χ4v) is 4.71. The Morgan fingerprint density at radius 2 is 1.84 bits per heavy atom. The number of hydrogen-bond acceptors (Lipinski definition) is 5. The summed E-state index contributed by atoms with van der Waals surface area (Å²) in [6, 6.07) is 12.7. The zero-order chi connectivity index (χ0) is 27.0. The number of nitrogens with zero attached hydrogens (tertiary/aromatic N) is 4. The molecule has 194 valence electrons. The molecule has 1 aliphatic rings. The molecule has 0 unspecified atom stereocenters. The van der Waals surface area contributed by atoms with Crippen LogP contribution in [0.25, 0.3) is 22.3 Å². The summed E-state index contributed by atoms with van der Waals surface area (Å²) in [6.07, 6.45) is 2.87. The molecule has 1 N–H and O–H groups in total. The van der Waals surface area contributed by atoms with Crippen LogP contribution in [0.4, 0.5) is 4.39 Å². The molecule has 10 heteroatoms. The van der Waals surface area contributed by atoms with Crippen LogP contribution in [0.5, 0.6) is 0 Å². The van der Waals surface area contributed by atoms with Crippen molar-refractivity contribution in [3.8, 4) is 11.3 Å². The number of nitrogens with one attached hydrogen (secondary N) is 1. The predicted octanol–water partition coefficient (Wildman–Crippen LogP) is 4.05. The van der Waals surface area contributed by atoms with Gasteiger partial charge in [-0.15, -0.1) is 0 Å². The Morgan fingerprint density at radius 1 is 1.11 bits per heavy atom. The van der Waals surface area contributed by atoms with Gasteiger partial charge >= 0.3 is 0 Å². The molecule has 3 aromatic heterocycles. The van der Waals surface area contributed by atoms with Crippen LogP contribution in [-0.2, 0) is 17.9 Å². The molecule has 5 rings (SSSR count). The van der Waals surface area contributed by atoms with E-state index in [0.29, 0.717) is 29.1 Å². The fraction of sp³-hybridized carbons (Fsp3) is 0.250. The highest BCUT2D eigenvalue weighted by molar-refractivity contribution is 6.30. The molecule has 4 aromatic rings. The van der Waals surface area contributed by atoms with E-state index in [1.165, 1.54) is 35.2 Å². The molecule has 0 saturated carbocycles. The number of carbonyl (C=O) groups excluding carboxylic acids is 2. The molecule has 8 nitrogen and oxygen atoms in total. The largest absolute Gasteiger partial charge is 0.348 e. The van der Waals surface area contributed by atoms with Crippen molar-refractivity contribution >= 4 is 34.4 Å². The van der Waals surface area contributed by atoms with Crippen molar-refractivity contribution in [3.63, 3.8) is 0 Å². The van der Waals surface area contributed by atoms with E-state index < -0.39 is 17.3 Å². The summed E-state index contributed by atoms with van der Waals surface area (Å²) in [5.74, 6) is -1.38. The molecule has 0 spiro atoms. The number of amides is 2. The normalized spacial score (nSPS) is 14.3. The monoisotopic (exact) mass is 533 g/mol. The van der Waals surface area contributed by atoms with Gasteiger partial charge in [0, 0.05) is 48.0 Å². The Bertz CT molecular complexity index is 1610. The zero-order valence-electron chi connectivity index (χ0n) is 20.9. The number of rotatable bonds is 6. The predicted molar refractivity (Wildman–Crippen MR) is 142 cm³/mol. The summed E-state index contributed by atoms with van der Waals surface area (Å²) in [4.78, 5) is 49.8. The van der Waals surface area contributed by atoms with Crippen LogP contribution in [0.2, 0.25) is 5.02 Å². The van der Waals surface area contributed by atoms with Crippen LogP contribution in [0.3, 0.4) is 0 Å². The first kappa shape index (κ1) is 25.5. The van der Waals surface area contributed by atoms with Gasteiger partial charge in [-0.25, -0.2) is 9.37 Å². The number of hydrogen-bond donors (Lipinski definition) is 1. The third-order valence-electron chi connectivity index (χ3n) is 6.45. The number of fused-ring (bicyclic) bond motifs is 1. The lowest BCUT2D eigenvalue weighted by atomic mass is 9.84. The SMILES string of the molecule is CC1(C)CN(C(=O)Cn2c(=O)c(C(=O)NCc3ccc(Cl)cc3)cc3cc(-c4ncccc4F)cnc32)C1. The summed E-state index contributed by atoms with van der Waals surface area (Å²) in [6.45, 7) is 5.18. The number of pyridine rings is 3. The van der Waals surface area contributed by atoms with Crippen LogP contribution >= 0.6 is 11.6 Å². The summed E-state index contributed by atoms with van der Waals surface area (Å²) < 4.78 is 15.6. The molecular weight excluding hydrogens is 509 g/mol. The highest BCUT2D eigenvalue weighted by atomic mass is 35.5. The second-order valence-corrected chi connectivity index (χ2v) is 10.6. The van der Waals surface area contributed by atoms with Gasteiger partial charge in [-0.3, -0.25) is 23.9 Å². The maximum Gasteiger partial charge on any atom is 0.265 e. The average molecular weight is 534 g/mol. The van der Waals surface area contributed by atoms with E-state index in [4.69, 9.17) is 11.6 Å². The summed E-state index contributed by atoms with van der Waals surface area (Å²) in [5, 5.41) is 3.72. The Hall–Kier alpha value is -4.11. The first-order valence-corrected chi connectivity index (χ1v) is 12.4. The highest BCUT2D eigenvalue weighted by Crippen LogP contribution is 2.29. The number of benzene rings is 1. The van der Waals surface area contributed by atoms with Gasteiger partial charge in [-0.05, 0) is 47.4 Å². The van der Waals surface area contributed by atoms with Gasteiger partial charge in [0.2, 0.25) is 5.91 Å². The minimum Gasteiger partial charge on any atom is -0.348 e. The van der Waals surface area contributed by atoms with Gasteiger partial charge in [-0.2, -0.15) is 0 Å². The van der Waals surface area contributed by atoms with Crippen LogP contribution in [0.15, 0.2) is 65.7 Å². The van der Waals surface area contributed by atoms with Crippen molar-refractivity contribution in [1.29, 1.82) is 0 Å². The maximum absolute atomic E-state index is 14.4. The number of carbonyl (C=O) groups is 2. The number of aromatic nitrogens is 3. The van der Waals surface area contributed by atoms with E-state index in [1.807, 2.05) is 0 Å². The van der Waals surface area contributed by atoms with E-state index in [0.717, 1.165) is 5.56 Å². The quantitative estimate of drug-likeness (QED) is 0.403. The average Bonchev–Trinajstić information content (AvgIpc) is 2.88. The molecule has 0 aliphatic carbocycles. The molecule has 1 aromatic carbocycles. The van der Waals surface area contributed by atoms with E-state index in [2.05, 4.69) is 29.1 Å². The first-order chi connectivity index (χ1) is 18.1. The lowest BCUT2D eigenvalue weighted by molar-refractivity contribution is -0.142. The third-order valence-corrected chi connectivity index (χ3v) is 6.70. The van der Waals surface area contributed by atoms with E-state index in [-0.39, 0.29) is 41.3 Å². The Balaban J connectivity index is 1.53. The molecule has 38 heavy (non-hydrogen) atoms. The number of likely N-dealkylation sites (tertiary alicyclic amines) is 1. The van der Waals surface area contributed by atoms with Crippen molar-refractivity contribution in [3.05, 3.63) is 93.2 Å². The second kappa shape index (κ2) is 9.98. The highest BCUT2D eigenvalue weighted by Gasteiger charge is 2.37. The molecule has 0 atom stereocenters. The molecule has 1 fully saturated rings. The van der Waals surface area contributed by atoms with E-state index in [9.17, 15) is 18.8 Å². The Labute approximate surface area is 223 Å². The van der Waals surface area contributed by atoms with Gasteiger partial charge in [0.25, 0.3) is 11.5 Å². The minimum absolute atomic E-state index is 0.0198. The lowest BCUT2D eigenvalue weighted by Gasteiger charge is -2.45. The molecule has 4 heterocycles. The van der Waals surface area contributed by atoms with Crippen molar-refractivity contribution < 1.29 is 14.0 Å². The van der Waals surface area contributed by atoms with Crippen molar-refractivity contribution in [2.75, 3.05) is 13.1 Å². The third kappa shape index (κ3) is 5.15. The lowest BCUT2D eigenvalue weighted by Crippen LogP contribution is -2.56. The van der Waals surface area contributed by atoms with Gasteiger partial charge in [0.05, 0.1) is 0 Å². The van der Waals surface area contributed by atoms with Crippen LogP contribution in [0, 0.1) is 11.2 Å². The molecule has 1 aliphatic heterocycles. The smallest absolute Gasteiger partial charge is 0.265 e. The first-order valence-electron chi connectivity index (χ1n) is 12.1. The molecule has 2 amide bonds. The minimum atomic E-state index is -0.636. The van der Waals surface area contributed by atoms with Crippen molar-refractivity contribution in [1.82, 2.24) is 24.8 Å². The van der Waals surface area contributed by atoms with E-state index in [1.54, 1.807) is 35.2 Å². The Morgan fingerprint density at radius 3 is 2.53 bits per heavy atom. The summed E-state index contributed by atoms with van der Waals surface area (Å²) >= 11 is 5.93. The Kier molecular flexibility index (Phi) is 6.71. The van der Waals surface area contributed by atoms with Gasteiger partial charge < -0.3 is 10.2 Å². The van der Waals surface area contributed by atoms with Crippen LogP contribution < -0.4 is 10.9 Å². The van der Waals surface area contributed by atoms with Crippen LogP contribution in [-0.4, -0.2) is 44.3 Å². The van der Waals surface area contributed by atoms with Gasteiger partial charge in [0.1, 0.15) is 29.3 Å². The molecule has 0 radical (unpaired) electrons. The summed E-state index contributed by atoms with van der Waals surface area (Å²) in [7, 11) is 0. The molecular formula is C28H25ClFN5O3. The fourth-order valence-electron chi connectivity index (χ4n) is 4.58. The van der Waals surface area contributed by atoms with Gasteiger partial charge in [0.15, 0.2) is 0 Å². The van der Waals surface area contributed by atoms with Gasteiger partial charge in [-0.1, -0.05) is 37.6 Å². The topological polar surface area (TPSA) is 97.2 Å². The number of halogens is 2. The van der Waals surface area contributed by atoms with Crippen molar-refractivity contribution in [2.45, 2.75) is 26.9 Å². The molecule has 0 bridgehead atoms. The van der Waals surface area contributed by atoms with E-state index >= 15 is 0 Å². The maximum atomic E-state index is 14.4. The van der Waals surface area contributed by atoms with Crippen LogP contribution in [0.1, 0.15) is 29.8 Å².